The number of likely N-dealkylation sites (tertiary alicyclic amines) is 1. The van der Waals surface area contributed by atoms with Crippen molar-refractivity contribution < 1.29 is 18.7 Å². The Labute approximate surface area is 162 Å². The zero-order valence-electron chi connectivity index (χ0n) is 15.9. The van der Waals surface area contributed by atoms with Gasteiger partial charge < -0.3 is 15.0 Å². The number of hydrogen-bond acceptors (Lipinski definition) is 5. The van der Waals surface area contributed by atoms with E-state index >= 15 is 0 Å². The van der Waals surface area contributed by atoms with Crippen LogP contribution in [0.2, 0.25) is 0 Å². The molecule has 148 valence electrons. The number of amides is 2. The topological polar surface area (TPSA) is 84.4 Å². The van der Waals surface area contributed by atoms with Crippen molar-refractivity contribution in [1.82, 2.24) is 20.2 Å². The average molecular weight is 386 g/mol. The minimum atomic E-state index is -0.320. The van der Waals surface area contributed by atoms with Crippen LogP contribution in [0.25, 0.3) is 0 Å². The number of carbonyl (C=O) groups is 2. The fraction of sp³-hybridized carbons (Fsp3) is 0.400. The summed E-state index contributed by atoms with van der Waals surface area (Å²) >= 11 is 0. The number of aromatic nitrogens is 2. The maximum atomic E-state index is 13.0. The minimum absolute atomic E-state index is 0.0271. The summed E-state index contributed by atoms with van der Waals surface area (Å²) in [6.07, 6.45) is 3.16. The van der Waals surface area contributed by atoms with Crippen molar-refractivity contribution in [1.29, 1.82) is 0 Å². The summed E-state index contributed by atoms with van der Waals surface area (Å²) in [5.41, 5.74) is 1.72. The van der Waals surface area contributed by atoms with E-state index in [1.54, 1.807) is 24.0 Å². The first kappa shape index (κ1) is 19.9. The van der Waals surface area contributed by atoms with Crippen LogP contribution in [0.5, 0.6) is 0 Å². The Balaban J connectivity index is 1.68. The minimum Gasteiger partial charge on any atom is -0.375 e. The van der Waals surface area contributed by atoms with Gasteiger partial charge >= 0.3 is 0 Å². The normalized spacial score (nSPS) is 16.2. The van der Waals surface area contributed by atoms with Crippen molar-refractivity contribution in [2.75, 3.05) is 20.3 Å². The standard InChI is InChI=1S/C20H23FN4O3/c1-13-16(20(27)23-10-14-5-7-15(21)8-6-14)11-22-19(24-13)17-4-3-9-25(17)18(26)12-28-2/h5-8,11,17H,3-4,9-10,12H2,1-2H3,(H,23,27)/t17-/m0/s1. The summed E-state index contributed by atoms with van der Waals surface area (Å²) in [6.45, 7) is 2.70. The largest absolute Gasteiger partial charge is 0.375 e. The first-order valence-electron chi connectivity index (χ1n) is 9.14. The van der Waals surface area contributed by atoms with E-state index in [1.165, 1.54) is 25.4 Å². The summed E-state index contributed by atoms with van der Waals surface area (Å²) < 4.78 is 17.9. The smallest absolute Gasteiger partial charge is 0.254 e. The molecule has 0 unspecified atom stereocenters. The number of benzene rings is 1. The number of nitrogens with zero attached hydrogens (tertiary/aromatic N) is 3. The number of nitrogens with one attached hydrogen (secondary N) is 1. The monoisotopic (exact) mass is 386 g/mol. The van der Waals surface area contributed by atoms with Gasteiger partial charge in [-0.2, -0.15) is 0 Å². The van der Waals surface area contributed by atoms with E-state index in [9.17, 15) is 14.0 Å². The van der Waals surface area contributed by atoms with Crippen LogP contribution >= 0.6 is 0 Å². The molecular weight excluding hydrogens is 363 g/mol. The molecule has 0 aliphatic carbocycles. The van der Waals surface area contributed by atoms with E-state index < -0.39 is 0 Å². The molecular formula is C20H23FN4O3. The van der Waals surface area contributed by atoms with E-state index in [4.69, 9.17) is 4.74 Å². The second-order valence-corrected chi connectivity index (χ2v) is 6.71. The fourth-order valence-corrected chi connectivity index (χ4v) is 3.29. The number of carbonyl (C=O) groups excluding carboxylic acids is 2. The van der Waals surface area contributed by atoms with Crippen LogP contribution in [-0.4, -0.2) is 46.9 Å². The third kappa shape index (κ3) is 4.51. The average Bonchev–Trinajstić information content (AvgIpc) is 3.17. The highest BCUT2D eigenvalue weighted by Crippen LogP contribution is 2.30. The number of halogens is 1. The molecule has 0 saturated carbocycles. The van der Waals surface area contributed by atoms with Crippen LogP contribution < -0.4 is 5.32 Å². The molecule has 1 saturated heterocycles. The zero-order chi connectivity index (χ0) is 20.1. The molecule has 2 amide bonds. The molecule has 1 aliphatic rings. The molecule has 2 heterocycles. The van der Waals surface area contributed by atoms with Crippen molar-refractivity contribution in [3.05, 3.63) is 58.9 Å². The highest BCUT2D eigenvalue weighted by atomic mass is 19.1. The van der Waals surface area contributed by atoms with Crippen molar-refractivity contribution in [2.24, 2.45) is 0 Å². The second-order valence-electron chi connectivity index (χ2n) is 6.71. The first-order chi connectivity index (χ1) is 13.5. The first-order valence-corrected chi connectivity index (χ1v) is 9.14. The molecule has 0 bridgehead atoms. The van der Waals surface area contributed by atoms with E-state index in [-0.39, 0.29) is 36.8 Å². The third-order valence-electron chi connectivity index (χ3n) is 4.75. The Morgan fingerprint density at radius 2 is 2.07 bits per heavy atom. The molecule has 1 atom stereocenters. The van der Waals surface area contributed by atoms with E-state index in [0.29, 0.717) is 23.6 Å². The lowest BCUT2D eigenvalue weighted by atomic mass is 10.1. The van der Waals surface area contributed by atoms with Crippen molar-refractivity contribution in [3.63, 3.8) is 0 Å². The van der Waals surface area contributed by atoms with Gasteiger partial charge in [-0.3, -0.25) is 9.59 Å². The maximum absolute atomic E-state index is 13.0. The molecule has 1 aromatic carbocycles. The Morgan fingerprint density at radius 1 is 1.32 bits per heavy atom. The van der Waals surface area contributed by atoms with Gasteiger partial charge in [-0.25, -0.2) is 14.4 Å². The van der Waals surface area contributed by atoms with Gasteiger partial charge in [0, 0.05) is 26.4 Å². The maximum Gasteiger partial charge on any atom is 0.254 e. The predicted octanol–water partition coefficient (Wildman–Crippen LogP) is 2.16. The Bertz CT molecular complexity index is 857. The van der Waals surface area contributed by atoms with Gasteiger partial charge in [0.1, 0.15) is 12.4 Å². The van der Waals surface area contributed by atoms with Gasteiger partial charge in [0.05, 0.1) is 17.3 Å². The van der Waals surface area contributed by atoms with Gasteiger partial charge in [-0.05, 0) is 37.5 Å². The summed E-state index contributed by atoms with van der Waals surface area (Å²) in [5.74, 6) is -0.172. The Morgan fingerprint density at radius 3 is 2.75 bits per heavy atom. The third-order valence-corrected chi connectivity index (χ3v) is 4.75. The van der Waals surface area contributed by atoms with Gasteiger partial charge in [-0.1, -0.05) is 12.1 Å². The van der Waals surface area contributed by atoms with Crippen LogP contribution in [-0.2, 0) is 16.1 Å². The van der Waals surface area contributed by atoms with Crippen LogP contribution in [0.1, 0.15) is 46.3 Å². The number of ether oxygens (including phenoxy) is 1. The van der Waals surface area contributed by atoms with Crippen molar-refractivity contribution in [2.45, 2.75) is 32.4 Å². The van der Waals surface area contributed by atoms with E-state index in [0.717, 1.165) is 18.4 Å². The SMILES string of the molecule is COCC(=O)N1CCC[C@H]1c1ncc(C(=O)NCc2ccc(F)cc2)c(C)n1. The molecule has 7 nitrogen and oxygen atoms in total. The number of rotatable bonds is 6. The molecule has 1 aliphatic heterocycles. The van der Waals surface area contributed by atoms with Crippen LogP contribution in [0.3, 0.4) is 0 Å². The molecule has 1 aromatic heterocycles. The lowest BCUT2D eigenvalue weighted by molar-refractivity contribution is -0.136. The Kier molecular flexibility index (Phi) is 6.30. The van der Waals surface area contributed by atoms with Gasteiger partial charge in [0.15, 0.2) is 5.82 Å². The van der Waals surface area contributed by atoms with E-state index in [1.807, 2.05) is 0 Å². The van der Waals surface area contributed by atoms with E-state index in [2.05, 4.69) is 15.3 Å². The zero-order valence-corrected chi connectivity index (χ0v) is 15.9. The molecule has 3 rings (SSSR count). The molecule has 2 aromatic rings. The highest BCUT2D eigenvalue weighted by molar-refractivity contribution is 5.94. The predicted molar refractivity (Wildman–Crippen MR) is 99.9 cm³/mol. The van der Waals surface area contributed by atoms with Crippen molar-refractivity contribution in [3.8, 4) is 0 Å². The number of aryl methyl sites for hydroxylation is 1. The van der Waals surface area contributed by atoms with Crippen molar-refractivity contribution >= 4 is 11.8 Å². The van der Waals surface area contributed by atoms with Gasteiger partial charge in [-0.15, -0.1) is 0 Å². The summed E-state index contributed by atoms with van der Waals surface area (Å²) in [7, 11) is 1.49. The lowest BCUT2D eigenvalue weighted by Gasteiger charge is -2.23. The second kappa shape index (κ2) is 8.88. The number of hydrogen-bond donors (Lipinski definition) is 1. The van der Waals surface area contributed by atoms with Gasteiger partial charge in [0.25, 0.3) is 5.91 Å². The van der Waals surface area contributed by atoms with Crippen LogP contribution in [0.15, 0.2) is 30.5 Å². The number of methoxy groups -OCH3 is 1. The quantitative estimate of drug-likeness (QED) is 0.823. The molecule has 0 radical (unpaired) electrons. The molecule has 8 heteroatoms. The molecule has 1 fully saturated rings. The van der Waals surface area contributed by atoms with Crippen LogP contribution in [0.4, 0.5) is 4.39 Å². The highest BCUT2D eigenvalue weighted by Gasteiger charge is 2.32. The lowest BCUT2D eigenvalue weighted by Crippen LogP contribution is -2.34. The summed E-state index contributed by atoms with van der Waals surface area (Å²) in [6, 6.07) is 5.74. The summed E-state index contributed by atoms with van der Waals surface area (Å²) in [4.78, 5) is 35.2. The molecule has 28 heavy (non-hydrogen) atoms. The molecule has 0 spiro atoms. The van der Waals surface area contributed by atoms with Crippen LogP contribution in [0, 0.1) is 12.7 Å². The molecule has 1 N–H and O–H groups in total. The Hall–Kier alpha value is -2.87. The van der Waals surface area contributed by atoms with Gasteiger partial charge in [0.2, 0.25) is 5.91 Å². The summed E-state index contributed by atoms with van der Waals surface area (Å²) in [5, 5.41) is 2.79. The fourth-order valence-electron chi connectivity index (χ4n) is 3.29.